The summed E-state index contributed by atoms with van der Waals surface area (Å²) in [5.41, 5.74) is 3.55. The molecule has 1 aromatic heterocycles. The van der Waals surface area contributed by atoms with E-state index in [1.54, 1.807) is 13.0 Å². The van der Waals surface area contributed by atoms with Gasteiger partial charge < -0.3 is 19.9 Å². The molecule has 1 fully saturated rings. The number of H-pyrrole nitrogens is 1. The minimum absolute atomic E-state index is 0.115. The predicted octanol–water partition coefficient (Wildman–Crippen LogP) is 4.55. The number of rotatable bonds is 5. The van der Waals surface area contributed by atoms with Gasteiger partial charge in [0.05, 0.1) is 17.6 Å². The highest BCUT2D eigenvalue weighted by atomic mass is 16.5. The number of anilines is 1. The molecular formula is C24H26N4O3. The Morgan fingerprint density at radius 1 is 1.23 bits per heavy atom. The summed E-state index contributed by atoms with van der Waals surface area (Å²) < 4.78 is 4.87. The van der Waals surface area contributed by atoms with E-state index in [2.05, 4.69) is 10.3 Å². The number of hydrogen-bond acceptors (Lipinski definition) is 4. The Kier molecular flexibility index (Phi) is 6.31. The van der Waals surface area contributed by atoms with Crippen LogP contribution in [0.4, 0.5) is 10.5 Å². The number of piperidine rings is 1. The van der Waals surface area contributed by atoms with Crippen LogP contribution in [0.1, 0.15) is 37.1 Å². The minimum atomic E-state index is -0.371. The normalized spacial score (nSPS) is 16.5. The van der Waals surface area contributed by atoms with Gasteiger partial charge in [-0.15, -0.1) is 0 Å². The molecule has 160 valence electrons. The van der Waals surface area contributed by atoms with Gasteiger partial charge in [0.1, 0.15) is 5.82 Å². The maximum Gasteiger partial charge on any atom is 0.330 e. The van der Waals surface area contributed by atoms with Crippen LogP contribution in [0.15, 0.2) is 54.6 Å². The number of likely N-dealkylation sites (tertiary alicyclic amines) is 1. The third kappa shape index (κ3) is 5.12. The Morgan fingerprint density at radius 3 is 2.81 bits per heavy atom. The van der Waals surface area contributed by atoms with Crippen molar-refractivity contribution in [3.05, 3.63) is 66.0 Å². The monoisotopic (exact) mass is 418 g/mol. The molecule has 31 heavy (non-hydrogen) atoms. The van der Waals surface area contributed by atoms with Gasteiger partial charge in [-0.1, -0.05) is 24.3 Å². The molecule has 2 heterocycles. The van der Waals surface area contributed by atoms with Crippen molar-refractivity contribution in [2.75, 3.05) is 25.0 Å². The molecule has 2 amide bonds. The standard InChI is InChI=1S/C24H26N4O3/c1-2-31-22(29)14-11-17-9-12-19(13-10-17)25-24(30)28-15-5-6-18(16-28)23-26-20-7-3-4-8-21(20)27-23/h3-4,7-14,18H,2,5-6,15-16H2,1H3,(H,25,30)(H,26,27)/b14-11+. The van der Waals surface area contributed by atoms with Crippen molar-refractivity contribution in [3.63, 3.8) is 0 Å². The molecule has 4 rings (SSSR count). The van der Waals surface area contributed by atoms with Crippen molar-refractivity contribution in [1.29, 1.82) is 0 Å². The Bertz CT molecular complexity index is 1050. The number of benzene rings is 2. The molecule has 0 bridgehead atoms. The van der Waals surface area contributed by atoms with E-state index < -0.39 is 0 Å². The molecule has 1 atom stereocenters. The number of para-hydroxylation sites is 2. The van der Waals surface area contributed by atoms with Gasteiger partial charge in [-0.2, -0.15) is 0 Å². The van der Waals surface area contributed by atoms with Crippen molar-refractivity contribution in [3.8, 4) is 0 Å². The van der Waals surface area contributed by atoms with Crippen molar-refractivity contribution in [2.45, 2.75) is 25.7 Å². The van der Waals surface area contributed by atoms with Crippen molar-refractivity contribution < 1.29 is 14.3 Å². The number of fused-ring (bicyclic) bond motifs is 1. The third-order valence-corrected chi connectivity index (χ3v) is 5.36. The van der Waals surface area contributed by atoms with Gasteiger partial charge in [-0.05, 0) is 55.7 Å². The first kappa shape index (κ1) is 20.7. The largest absolute Gasteiger partial charge is 0.463 e. The smallest absolute Gasteiger partial charge is 0.330 e. The van der Waals surface area contributed by atoms with Gasteiger partial charge >= 0.3 is 12.0 Å². The summed E-state index contributed by atoms with van der Waals surface area (Å²) in [4.78, 5) is 34.2. The predicted molar refractivity (Wildman–Crippen MR) is 121 cm³/mol. The van der Waals surface area contributed by atoms with Crippen LogP contribution in [-0.2, 0) is 9.53 Å². The fraction of sp³-hybridized carbons (Fsp3) is 0.292. The highest BCUT2D eigenvalue weighted by Crippen LogP contribution is 2.27. The van der Waals surface area contributed by atoms with Crippen LogP contribution in [0, 0.1) is 0 Å². The lowest BCUT2D eigenvalue weighted by atomic mass is 9.97. The van der Waals surface area contributed by atoms with Crippen LogP contribution in [-0.4, -0.2) is 46.6 Å². The van der Waals surface area contributed by atoms with E-state index in [9.17, 15) is 9.59 Å². The van der Waals surface area contributed by atoms with Crippen LogP contribution >= 0.6 is 0 Å². The lowest BCUT2D eigenvalue weighted by Gasteiger charge is -2.31. The van der Waals surface area contributed by atoms with Gasteiger partial charge in [0.15, 0.2) is 0 Å². The molecule has 0 aliphatic carbocycles. The molecule has 1 aliphatic heterocycles. The van der Waals surface area contributed by atoms with Crippen molar-refractivity contribution >= 4 is 34.8 Å². The summed E-state index contributed by atoms with van der Waals surface area (Å²) in [6.07, 6.45) is 5.02. The van der Waals surface area contributed by atoms with E-state index in [1.165, 1.54) is 6.08 Å². The van der Waals surface area contributed by atoms with E-state index >= 15 is 0 Å². The lowest BCUT2D eigenvalue weighted by molar-refractivity contribution is -0.137. The number of urea groups is 1. The van der Waals surface area contributed by atoms with Gasteiger partial charge in [0, 0.05) is 30.8 Å². The number of imidazole rings is 1. The van der Waals surface area contributed by atoms with Crippen LogP contribution in [0.25, 0.3) is 17.1 Å². The van der Waals surface area contributed by atoms with Gasteiger partial charge in [-0.3, -0.25) is 0 Å². The SMILES string of the molecule is CCOC(=O)/C=C/c1ccc(NC(=O)N2CCCC(c3nc4ccccc4[nH]3)C2)cc1. The number of carbonyl (C=O) groups is 2. The van der Waals surface area contributed by atoms with E-state index in [1.807, 2.05) is 53.4 Å². The number of ether oxygens (including phenoxy) is 1. The van der Waals surface area contributed by atoms with Crippen molar-refractivity contribution in [1.82, 2.24) is 14.9 Å². The lowest BCUT2D eigenvalue weighted by Crippen LogP contribution is -2.41. The maximum absolute atomic E-state index is 12.8. The maximum atomic E-state index is 12.8. The average Bonchev–Trinajstić information content (AvgIpc) is 3.23. The number of aromatic amines is 1. The summed E-state index contributed by atoms with van der Waals surface area (Å²) in [6.45, 7) is 3.47. The number of nitrogens with zero attached hydrogens (tertiary/aromatic N) is 2. The number of aromatic nitrogens is 2. The number of esters is 1. The molecule has 7 nitrogen and oxygen atoms in total. The zero-order valence-electron chi connectivity index (χ0n) is 17.5. The quantitative estimate of drug-likeness (QED) is 0.470. The van der Waals surface area contributed by atoms with Crippen LogP contribution < -0.4 is 5.32 Å². The first-order chi connectivity index (χ1) is 15.1. The van der Waals surface area contributed by atoms with E-state index in [0.717, 1.165) is 41.8 Å². The fourth-order valence-corrected chi connectivity index (χ4v) is 3.79. The Labute approximate surface area is 181 Å². The second kappa shape index (κ2) is 9.47. The van der Waals surface area contributed by atoms with E-state index in [4.69, 9.17) is 9.72 Å². The first-order valence-electron chi connectivity index (χ1n) is 10.6. The van der Waals surface area contributed by atoms with Crippen LogP contribution in [0.2, 0.25) is 0 Å². The van der Waals surface area contributed by atoms with Gasteiger partial charge in [-0.25, -0.2) is 14.6 Å². The molecule has 7 heteroatoms. The van der Waals surface area contributed by atoms with Crippen molar-refractivity contribution in [2.24, 2.45) is 0 Å². The summed E-state index contributed by atoms with van der Waals surface area (Å²) in [5.74, 6) is 0.766. The second-order valence-corrected chi connectivity index (χ2v) is 7.56. The molecule has 1 unspecified atom stereocenters. The number of nitrogens with one attached hydrogen (secondary N) is 2. The van der Waals surface area contributed by atoms with Crippen LogP contribution in [0.5, 0.6) is 0 Å². The molecule has 2 aromatic carbocycles. The molecule has 2 N–H and O–H groups in total. The highest BCUT2D eigenvalue weighted by molar-refractivity contribution is 5.90. The minimum Gasteiger partial charge on any atom is -0.463 e. The number of amides is 2. The molecule has 3 aromatic rings. The van der Waals surface area contributed by atoms with E-state index in [-0.39, 0.29) is 17.9 Å². The zero-order valence-corrected chi connectivity index (χ0v) is 17.5. The Morgan fingerprint density at radius 2 is 2.03 bits per heavy atom. The summed E-state index contributed by atoms with van der Waals surface area (Å²) >= 11 is 0. The molecular weight excluding hydrogens is 392 g/mol. The molecule has 1 saturated heterocycles. The number of hydrogen-bond donors (Lipinski definition) is 2. The fourth-order valence-electron chi connectivity index (χ4n) is 3.79. The molecule has 0 radical (unpaired) electrons. The molecule has 0 saturated carbocycles. The first-order valence-corrected chi connectivity index (χ1v) is 10.6. The topological polar surface area (TPSA) is 87.3 Å². The Balaban J connectivity index is 1.36. The van der Waals surface area contributed by atoms with Crippen LogP contribution in [0.3, 0.4) is 0 Å². The third-order valence-electron chi connectivity index (χ3n) is 5.36. The van der Waals surface area contributed by atoms with Gasteiger partial charge in [0.2, 0.25) is 0 Å². The Hall–Kier alpha value is -3.61. The number of carbonyl (C=O) groups excluding carboxylic acids is 2. The average molecular weight is 418 g/mol. The molecule has 0 spiro atoms. The van der Waals surface area contributed by atoms with Gasteiger partial charge in [0.25, 0.3) is 0 Å². The second-order valence-electron chi connectivity index (χ2n) is 7.56. The highest BCUT2D eigenvalue weighted by Gasteiger charge is 2.26. The summed E-state index contributed by atoms with van der Waals surface area (Å²) in [5, 5.41) is 2.96. The summed E-state index contributed by atoms with van der Waals surface area (Å²) in [6, 6.07) is 15.2. The van der Waals surface area contributed by atoms with E-state index in [0.29, 0.717) is 18.8 Å². The zero-order chi connectivity index (χ0) is 21.6. The summed E-state index contributed by atoms with van der Waals surface area (Å²) in [7, 11) is 0. The molecule has 1 aliphatic rings.